The van der Waals surface area contributed by atoms with Crippen LogP contribution >= 0.6 is 11.6 Å². The molecule has 3 aromatic rings. The van der Waals surface area contributed by atoms with E-state index in [2.05, 4.69) is 29.2 Å². The molecule has 2 aliphatic heterocycles. The zero-order valence-electron chi connectivity index (χ0n) is 21.3. The lowest BCUT2D eigenvalue weighted by Crippen LogP contribution is -2.48. The van der Waals surface area contributed by atoms with Gasteiger partial charge in [0.05, 0.1) is 22.6 Å². The van der Waals surface area contributed by atoms with E-state index >= 15 is 0 Å². The fraction of sp³-hybridized carbons (Fsp3) is 0.400. The van der Waals surface area contributed by atoms with Crippen molar-refractivity contribution in [3.05, 3.63) is 81.6 Å². The summed E-state index contributed by atoms with van der Waals surface area (Å²) in [5.74, 6) is 0.118. The minimum atomic E-state index is 0.118. The molecule has 0 bridgehead atoms. The molecule has 0 atom stereocenters. The topological polar surface area (TPSA) is 41.4 Å². The summed E-state index contributed by atoms with van der Waals surface area (Å²) in [6.45, 7) is 8.05. The standard InChI is InChI=1S/C30H35ClN4O/c1-22-29(30(36)34-19-15-27(16-20-34)33-17-4-3-5-18-33)23(2)35(32-22)28-8-6-7-25(21-28)10-9-24-11-13-26(31)14-12-24/h6-14,21,27H,3-5,15-20H2,1-2H3/b10-9+. The molecule has 188 valence electrons. The van der Waals surface area contributed by atoms with E-state index in [1.807, 2.05) is 59.8 Å². The Kier molecular flexibility index (Phi) is 7.59. The Balaban J connectivity index is 1.30. The van der Waals surface area contributed by atoms with Gasteiger partial charge >= 0.3 is 0 Å². The van der Waals surface area contributed by atoms with Crippen LogP contribution in [0.2, 0.25) is 5.02 Å². The molecule has 5 rings (SSSR count). The smallest absolute Gasteiger partial charge is 0.257 e. The third kappa shape index (κ3) is 5.42. The Hall–Kier alpha value is -2.89. The minimum absolute atomic E-state index is 0.118. The van der Waals surface area contributed by atoms with Gasteiger partial charge in [0.15, 0.2) is 0 Å². The van der Waals surface area contributed by atoms with Crippen molar-refractivity contribution in [3.8, 4) is 5.69 Å². The molecule has 36 heavy (non-hydrogen) atoms. The van der Waals surface area contributed by atoms with Crippen molar-refractivity contribution >= 4 is 29.7 Å². The number of hydrogen-bond donors (Lipinski definition) is 0. The van der Waals surface area contributed by atoms with Crippen molar-refractivity contribution in [2.45, 2.75) is 52.0 Å². The first-order valence-corrected chi connectivity index (χ1v) is 13.5. The van der Waals surface area contributed by atoms with Crippen molar-refractivity contribution < 1.29 is 4.79 Å². The van der Waals surface area contributed by atoms with Gasteiger partial charge in [-0.05, 0) is 88.0 Å². The summed E-state index contributed by atoms with van der Waals surface area (Å²) in [6, 6.07) is 16.6. The van der Waals surface area contributed by atoms with Gasteiger partial charge in [-0.25, -0.2) is 4.68 Å². The molecule has 0 unspecified atom stereocenters. The second-order valence-corrected chi connectivity index (χ2v) is 10.5. The van der Waals surface area contributed by atoms with Crippen LogP contribution < -0.4 is 0 Å². The molecule has 2 saturated heterocycles. The lowest BCUT2D eigenvalue weighted by Gasteiger charge is -2.40. The summed E-state index contributed by atoms with van der Waals surface area (Å²) >= 11 is 5.99. The number of carbonyl (C=O) groups is 1. The average Bonchev–Trinajstić information content (AvgIpc) is 3.22. The van der Waals surface area contributed by atoms with E-state index in [-0.39, 0.29) is 5.91 Å². The number of likely N-dealkylation sites (tertiary alicyclic amines) is 2. The van der Waals surface area contributed by atoms with Crippen LogP contribution in [0.1, 0.15) is 65.0 Å². The summed E-state index contributed by atoms with van der Waals surface area (Å²) in [5, 5.41) is 5.51. The first-order valence-electron chi connectivity index (χ1n) is 13.1. The molecule has 5 nitrogen and oxygen atoms in total. The summed E-state index contributed by atoms with van der Waals surface area (Å²) in [6.07, 6.45) is 10.3. The van der Waals surface area contributed by atoms with Crippen molar-refractivity contribution in [2.24, 2.45) is 0 Å². The van der Waals surface area contributed by atoms with Gasteiger partial charge in [0.1, 0.15) is 0 Å². The third-order valence-electron chi connectivity index (χ3n) is 7.62. The molecule has 1 amide bonds. The Labute approximate surface area is 219 Å². The van der Waals surface area contributed by atoms with Crippen LogP contribution in [0.15, 0.2) is 48.5 Å². The van der Waals surface area contributed by atoms with E-state index < -0.39 is 0 Å². The van der Waals surface area contributed by atoms with Crippen LogP contribution in [0.5, 0.6) is 0 Å². The highest BCUT2D eigenvalue weighted by atomic mass is 35.5. The second-order valence-electron chi connectivity index (χ2n) is 10.1. The number of benzene rings is 2. The third-order valence-corrected chi connectivity index (χ3v) is 7.87. The van der Waals surface area contributed by atoms with Crippen LogP contribution in [0, 0.1) is 13.8 Å². The fourth-order valence-electron chi connectivity index (χ4n) is 5.61. The number of hydrogen-bond acceptors (Lipinski definition) is 3. The molecule has 6 heteroatoms. The fourth-order valence-corrected chi connectivity index (χ4v) is 5.73. The predicted molar refractivity (Wildman–Crippen MR) is 148 cm³/mol. The lowest BCUT2D eigenvalue weighted by atomic mass is 9.99. The number of carbonyl (C=O) groups excluding carboxylic acids is 1. The molecule has 0 N–H and O–H groups in total. The number of rotatable bonds is 5. The maximum atomic E-state index is 13.6. The lowest BCUT2D eigenvalue weighted by molar-refractivity contribution is 0.0588. The predicted octanol–water partition coefficient (Wildman–Crippen LogP) is 6.40. The Morgan fingerprint density at radius 2 is 1.61 bits per heavy atom. The van der Waals surface area contributed by atoms with E-state index in [1.54, 1.807) is 0 Å². The van der Waals surface area contributed by atoms with Crippen LogP contribution in [0.4, 0.5) is 0 Å². The van der Waals surface area contributed by atoms with Crippen molar-refractivity contribution in [1.82, 2.24) is 19.6 Å². The molecule has 2 aromatic carbocycles. The van der Waals surface area contributed by atoms with Crippen LogP contribution in [-0.2, 0) is 0 Å². The summed E-state index contributed by atoms with van der Waals surface area (Å²) in [4.78, 5) is 18.2. The monoisotopic (exact) mass is 502 g/mol. The van der Waals surface area contributed by atoms with Crippen LogP contribution in [-0.4, -0.2) is 57.7 Å². The van der Waals surface area contributed by atoms with Crippen molar-refractivity contribution in [3.63, 3.8) is 0 Å². The molecule has 2 aliphatic rings. The molecule has 3 heterocycles. The number of aromatic nitrogens is 2. The Bertz CT molecular complexity index is 1230. The van der Waals surface area contributed by atoms with E-state index in [1.165, 1.54) is 32.4 Å². The molecule has 1 aromatic heterocycles. The Morgan fingerprint density at radius 1 is 0.917 bits per heavy atom. The maximum absolute atomic E-state index is 13.6. The van der Waals surface area contributed by atoms with Crippen molar-refractivity contribution in [1.29, 1.82) is 0 Å². The Morgan fingerprint density at radius 3 is 2.33 bits per heavy atom. The molecule has 0 radical (unpaired) electrons. The molecular formula is C30H35ClN4O. The molecule has 0 aliphatic carbocycles. The summed E-state index contributed by atoms with van der Waals surface area (Å²) in [7, 11) is 0. The number of nitrogens with zero attached hydrogens (tertiary/aromatic N) is 4. The highest BCUT2D eigenvalue weighted by Gasteiger charge is 2.30. The number of aryl methyl sites for hydroxylation is 1. The van der Waals surface area contributed by atoms with Gasteiger partial charge in [-0.2, -0.15) is 5.10 Å². The van der Waals surface area contributed by atoms with Gasteiger partial charge < -0.3 is 9.80 Å². The van der Waals surface area contributed by atoms with E-state index in [9.17, 15) is 4.79 Å². The van der Waals surface area contributed by atoms with E-state index in [4.69, 9.17) is 16.7 Å². The van der Waals surface area contributed by atoms with Gasteiger partial charge in [-0.15, -0.1) is 0 Å². The number of piperidine rings is 2. The highest BCUT2D eigenvalue weighted by Crippen LogP contribution is 2.25. The normalized spacial score (nSPS) is 17.7. The quantitative estimate of drug-likeness (QED) is 0.379. The van der Waals surface area contributed by atoms with E-state index in [0.717, 1.165) is 64.7 Å². The molecule has 0 saturated carbocycles. The van der Waals surface area contributed by atoms with Gasteiger partial charge in [-0.3, -0.25) is 4.79 Å². The summed E-state index contributed by atoms with van der Waals surface area (Å²) in [5.41, 5.74) is 5.55. The van der Waals surface area contributed by atoms with Crippen molar-refractivity contribution in [2.75, 3.05) is 26.2 Å². The zero-order valence-corrected chi connectivity index (χ0v) is 22.0. The summed E-state index contributed by atoms with van der Waals surface area (Å²) < 4.78 is 1.91. The van der Waals surface area contributed by atoms with Crippen LogP contribution in [0.3, 0.4) is 0 Å². The van der Waals surface area contributed by atoms with Gasteiger partial charge in [-0.1, -0.05) is 54.4 Å². The van der Waals surface area contributed by atoms with Crippen LogP contribution in [0.25, 0.3) is 17.8 Å². The zero-order chi connectivity index (χ0) is 25.1. The van der Waals surface area contributed by atoms with Gasteiger partial charge in [0.2, 0.25) is 0 Å². The largest absolute Gasteiger partial charge is 0.338 e. The molecule has 2 fully saturated rings. The second kappa shape index (κ2) is 11.0. The van der Waals surface area contributed by atoms with Gasteiger partial charge in [0.25, 0.3) is 5.91 Å². The SMILES string of the molecule is Cc1nn(-c2cccc(/C=C/c3ccc(Cl)cc3)c2)c(C)c1C(=O)N1CCC(N2CCCCC2)CC1. The molecule has 0 spiro atoms. The number of amides is 1. The first-order chi connectivity index (χ1) is 17.5. The maximum Gasteiger partial charge on any atom is 0.257 e. The van der Waals surface area contributed by atoms with E-state index in [0.29, 0.717) is 6.04 Å². The minimum Gasteiger partial charge on any atom is -0.338 e. The van der Waals surface area contributed by atoms with Gasteiger partial charge in [0, 0.05) is 24.2 Å². The highest BCUT2D eigenvalue weighted by molar-refractivity contribution is 6.30. The first kappa shape index (κ1) is 24.8. The molecular weight excluding hydrogens is 468 g/mol. The average molecular weight is 503 g/mol. The number of halogens is 1.